The predicted octanol–water partition coefficient (Wildman–Crippen LogP) is 2.76. The van der Waals surface area contributed by atoms with Crippen LogP contribution in [0.2, 0.25) is 0 Å². The number of nitrogens with zero attached hydrogens (tertiary/aromatic N) is 3. The summed E-state index contributed by atoms with van der Waals surface area (Å²) in [5.41, 5.74) is 5.60. The van der Waals surface area contributed by atoms with Crippen molar-refractivity contribution >= 4 is 17.7 Å². The molecule has 1 aromatic carbocycles. The Labute approximate surface area is 121 Å². The Bertz CT molecular complexity index is 563. The first-order valence-corrected chi connectivity index (χ1v) is 7.40. The summed E-state index contributed by atoms with van der Waals surface area (Å²) >= 11 is 1.66. The third-order valence-electron chi connectivity index (χ3n) is 2.32. The van der Waals surface area contributed by atoms with Gasteiger partial charge in [-0.25, -0.2) is 0 Å². The zero-order valence-corrected chi connectivity index (χ0v) is 12.2. The van der Waals surface area contributed by atoms with E-state index < -0.39 is 0 Å². The van der Waals surface area contributed by atoms with Crippen molar-refractivity contribution in [2.24, 2.45) is 0 Å². The predicted molar refractivity (Wildman–Crippen MR) is 78.3 cm³/mol. The molecule has 2 rings (SSSR count). The summed E-state index contributed by atoms with van der Waals surface area (Å²) in [6.45, 7) is 2.51. The Hall–Kier alpha value is -2.02. The Morgan fingerprint density at radius 2 is 1.80 bits per heavy atom. The third kappa shape index (κ3) is 3.99. The second-order valence-electron chi connectivity index (χ2n) is 3.88. The van der Waals surface area contributed by atoms with E-state index in [0.717, 1.165) is 11.3 Å². The van der Waals surface area contributed by atoms with Gasteiger partial charge in [0.15, 0.2) is 0 Å². The summed E-state index contributed by atoms with van der Waals surface area (Å²) in [4.78, 5) is 13.0. The number of hydrogen-bond acceptors (Lipinski definition) is 7. The van der Waals surface area contributed by atoms with Gasteiger partial charge < -0.3 is 15.2 Å². The molecular weight excluding hydrogens is 276 g/mol. The number of ether oxygens (including phenoxy) is 2. The first-order valence-electron chi connectivity index (χ1n) is 6.17. The van der Waals surface area contributed by atoms with Gasteiger partial charge >= 0.3 is 12.0 Å². The molecule has 0 saturated carbocycles. The van der Waals surface area contributed by atoms with E-state index in [9.17, 15) is 0 Å². The van der Waals surface area contributed by atoms with E-state index in [1.807, 2.05) is 37.4 Å². The molecule has 2 aromatic rings. The fourth-order valence-electron chi connectivity index (χ4n) is 1.41. The highest BCUT2D eigenvalue weighted by molar-refractivity contribution is 7.98. The SMILES string of the molecule is CCCOc1nc(N)nc(Oc2ccc(SC)cc2)n1. The van der Waals surface area contributed by atoms with Crippen LogP contribution in [-0.4, -0.2) is 27.8 Å². The molecule has 0 aliphatic carbocycles. The number of nitrogen functional groups attached to an aromatic ring is 1. The van der Waals surface area contributed by atoms with Gasteiger partial charge in [-0.15, -0.1) is 16.7 Å². The first-order chi connectivity index (χ1) is 9.71. The summed E-state index contributed by atoms with van der Waals surface area (Å²) in [6, 6.07) is 7.91. The van der Waals surface area contributed by atoms with Gasteiger partial charge in [0.1, 0.15) is 5.75 Å². The van der Waals surface area contributed by atoms with Crippen molar-refractivity contribution in [2.75, 3.05) is 18.6 Å². The molecule has 0 radical (unpaired) electrons. The Morgan fingerprint density at radius 3 is 2.45 bits per heavy atom. The molecule has 1 aromatic heterocycles. The summed E-state index contributed by atoms with van der Waals surface area (Å²) < 4.78 is 10.9. The second kappa shape index (κ2) is 6.95. The minimum Gasteiger partial charge on any atom is -0.463 e. The first kappa shape index (κ1) is 14.4. The normalized spacial score (nSPS) is 10.3. The number of nitrogens with two attached hydrogens (primary N) is 1. The molecule has 0 aliphatic heterocycles. The topological polar surface area (TPSA) is 83.2 Å². The van der Waals surface area contributed by atoms with Gasteiger partial charge in [0.05, 0.1) is 6.61 Å². The van der Waals surface area contributed by atoms with Gasteiger partial charge in [0, 0.05) is 4.90 Å². The lowest BCUT2D eigenvalue weighted by Crippen LogP contribution is -2.05. The molecule has 0 unspecified atom stereocenters. The van der Waals surface area contributed by atoms with E-state index in [1.165, 1.54) is 0 Å². The average molecular weight is 292 g/mol. The maximum absolute atomic E-state index is 5.60. The number of hydrogen-bond donors (Lipinski definition) is 1. The van der Waals surface area contributed by atoms with Crippen molar-refractivity contribution in [3.05, 3.63) is 24.3 Å². The second-order valence-corrected chi connectivity index (χ2v) is 4.76. The zero-order valence-electron chi connectivity index (χ0n) is 11.4. The van der Waals surface area contributed by atoms with Crippen molar-refractivity contribution < 1.29 is 9.47 Å². The molecule has 0 saturated heterocycles. The molecule has 1 heterocycles. The number of anilines is 1. The number of aromatic nitrogens is 3. The van der Waals surface area contributed by atoms with Gasteiger partial charge in [0.25, 0.3) is 0 Å². The monoisotopic (exact) mass is 292 g/mol. The quantitative estimate of drug-likeness (QED) is 0.819. The smallest absolute Gasteiger partial charge is 0.330 e. The fraction of sp³-hybridized carbons (Fsp3) is 0.308. The molecule has 0 bridgehead atoms. The Balaban J connectivity index is 2.12. The zero-order chi connectivity index (χ0) is 14.4. The maximum atomic E-state index is 5.60. The molecule has 0 amide bonds. The molecule has 106 valence electrons. The highest BCUT2D eigenvalue weighted by Crippen LogP contribution is 2.23. The fourth-order valence-corrected chi connectivity index (χ4v) is 1.81. The lowest BCUT2D eigenvalue weighted by atomic mass is 10.3. The standard InChI is InChI=1S/C13H16N4O2S/c1-3-8-18-12-15-11(14)16-13(17-12)19-9-4-6-10(20-2)7-5-9/h4-7H,3,8H2,1-2H3,(H2,14,15,16,17). The maximum Gasteiger partial charge on any atom is 0.330 e. The van der Waals surface area contributed by atoms with Crippen LogP contribution in [0.5, 0.6) is 17.8 Å². The van der Waals surface area contributed by atoms with Crippen LogP contribution in [0.15, 0.2) is 29.2 Å². The third-order valence-corrected chi connectivity index (χ3v) is 3.06. The number of rotatable bonds is 6. The van der Waals surface area contributed by atoms with Crippen LogP contribution in [0.4, 0.5) is 5.95 Å². The van der Waals surface area contributed by atoms with Gasteiger partial charge in [-0.2, -0.15) is 9.97 Å². The van der Waals surface area contributed by atoms with Crippen LogP contribution in [0, 0.1) is 0 Å². The molecule has 2 N–H and O–H groups in total. The van der Waals surface area contributed by atoms with Crippen LogP contribution in [-0.2, 0) is 0 Å². The minimum absolute atomic E-state index is 0.0711. The Morgan fingerprint density at radius 1 is 1.10 bits per heavy atom. The van der Waals surface area contributed by atoms with Crippen LogP contribution in [0.3, 0.4) is 0 Å². The van der Waals surface area contributed by atoms with Crippen molar-refractivity contribution in [1.29, 1.82) is 0 Å². The molecular formula is C13H16N4O2S. The van der Waals surface area contributed by atoms with Gasteiger partial charge in [-0.1, -0.05) is 6.92 Å². The van der Waals surface area contributed by atoms with E-state index in [0.29, 0.717) is 12.4 Å². The summed E-state index contributed by atoms with van der Waals surface area (Å²) in [5, 5.41) is 0. The van der Waals surface area contributed by atoms with E-state index in [-0.39, 0.29) is 18.0 Å². The van der Waals surface area contributed by atoms with E-state index >= 15 is 0 Å². The molecule has 0 spiro atoms. The molecule has 7 heteroatoms. The van der Waals surface area contributed by atoms with Gasteiger partial charge in [0.2, 0.25) is 5.95 Å². The molecule has 6 nitrogen and oxygen atoms in total. The van der Waals surface area contributed by atoms with Gasteiger partial charge in [-0.3, -0.25) is 0 Å². The Kier molecular flexibility index (Phi) is 5.00. The molecule has 0 aliphatic rings. The van der Waals surface area contributed by atoms with Crippen LogP contribution in [0.25, 0.3) is 0 Å². The van der Waals surface area contributed by atoms with Crippen LogP contribution in [0.1, 0.15) is 13.3 Å². The van der Waals surface area contributed by atoms with Crippen molar-refractivity contribution in [2.45, 2.75) is 18.2 Å². The summed E-state index contributed by atoms with van der Waals surface area (Å²) in [5.74, 6) is 0.705. The van der Waals surface area contributed by atoms with Crippen molar-refractivity contribution in [3.63, 3.8) is 0 Å². The van der Waals surface area contributed by atoms with Crippen molar-refractivity contribution in [1.82, 2.24) is 15.0 Å². The molecule has 20 heavy (non-hydrogen) atoms. The highest BCUT2D eigenvalue weighted by Gasteiger charge is 2.07. The van der Waals surface area contributed by atoms with Crippen LogP contribution >= 0.6 is 11.8 Å². The van der Waals surface area contributed by atoms with Crippen molar-refractivity contribution in [3.8, 4) is 17.8 Å². The van der Waals surface area contributed by atoms with E-state index in [1.54, 1.807) is 11.8 Å². The van der Waals surface area contributed by atoms with Crippen LogP contribution < -0.4 is 15.2 Å². The van der Waals surface area contributed by atoms with Gasteiger partial charge in [-0.05, 0) is 36.9 Å². The molecule has 0 atom stereocenters. The summed E-state index contributed by atoms with van der Waals surface area (Å²) in [6.07, 6.45) is 2.87. The average Bonchev–Trinajstić information content (AvgIpc) is 2.45. The lowest BCUT2D eigenvalue weighted by Gasteiger charge is -2.07. The van der Waals surface area contributed by atoms with E-state index in [2.05, 4.69) is 15.0 Å². The lowest BCUT2D eigenvalue weighted by molar-refractivity contribution is 0.285. The largest absolute Gasteiger partial charge is 0.463 e. The van der Waals surface area contributed by atoms with E-state index in [4.69, 9.17) is 15.2 Å². The molecule has 0 fully saturated rings. The highest BCUT2D eigenvalue weighted by atomic mass is 32.2. The minimum atomic E-state index is 0.0711. The number of thioether (sulfide) groups is 1. The number of benzene rings is 1. The summed E-state index contributed by atoms with van der Waals surface area (Å²) in [7, 11) is 0.